The Balaban J connectivity index is 1.64. The molecule has 0 spiro atoms. The van der Waals surface area contributed by atoms with Crippen molar-refractivity contribution in [1.29, 1.82) is 0 Å². The number of hydrogen-bond donors (Lipinski definition) is 0. The molecule has 2 aromatic rings. The monoisotopic (exact) mass is 444 g/mol. The van der Waals surface area contributed by atoms with E-state index >= 15 is 0 Å². The van der Waals surface area contributed by atoms with Gasteiger partial charge < -0.3 is 14.4 Å². The first kappa shape index (κ1) is 22.9. The van der Waals surface area contributed by atoms with Crippen LogP contribution in [-0.4, -0.2) is 42.2 Å². The van der Waals surface area contributed by atoms with Crippen molar-refractivity contribution in [3.8, 4) is 11.5 Å². The highest BCUT2D eigenvalue weighted by atomic mass is 32.2. The van der Waals surface area contributed by atoms with Gasteiger partial charge in [0.15, 0.2) is 5.75 Å². The summed E-state index contributed by atoms with van der Waals surface area (Å²) in [4.78, 5) is 25.8. The van der Waals surface area contributed by atoms with E-state index in [1.54, 1.807) is 19.2 Å². The second-order valence-electron chi connectivity index (χ2n) is 7.48. The summed E-state index contributed by atoms with van der Waals surface area (Å²) in [5.41, 5.74) is 1.87. The molecule has 1 fully saturated rings. The van der Waals surface area contributed by atoms with Crippen LogP contribution in [0.3, 0.4) is 0 Å². The Labute approximate surface area is 186 Å². The number of ether oxygens (including phenoxy) is 2. The van der Waals surface area contributed by atoms with E-state index < -0.39 is 4.92 Å². The first-order chi connectivity index (χ1) is 15.0. The highest BCUT2D eigenvalue weighted by Crippen LogP contribution is 2.32. The zero-order chi connectivity index (χ0) is 22.2. The van der Waals surface area contributed by atoms with E-state index in [4.69, 9.17) is 9.47 Å². The van der Waals surface area contributed by atoms with Gasteiger partial charge >= 0.3 is 5.69 Å². The summed E-state index contributed by atoms with van der Waals surface area (Å²) in [6, 6.07) is 12.9. The van der Waals surface area contributed by atoms with Gasteiger partial charge in [0.25, 0.3) is 0 Å². The lowest BCUT2D eigenvalue weighted by atomic mass is 10.0. The molecule has 1 aliphatic heterocycles. The van der Waals surface area contributed by atoms with E-state index in [-0.39, 0.29) is 23.4 Å². The van der Waals surface area contributed by atoms with Crippen LogP contribution in [-0.2, 0) is 10.5 Å². The first-order valence-electron chi connectivity index (χ1n) is 10.4. The van der Waals surface area contributed by atoms with E-state index in [0.29, 0.717) is 11.5 Å². The Morgan fingerprint density at radius 2 is 1.90 bits per heavy atom. The number of benzene rings is 2. The maximum Gasteiger partial charge on any atom is 0.311 e. The van der Waals surface area contributed by atoms with Crippen molar-refractivity contribution in [1.82, 2.24) is 4.90 Å². The minimum Gasteiger partial charge on any atom is -0.497 e. The largest absolute Gasteiger partial charge is 0.497 e. The number of nitro benzene ring substituents is 1. The SMILES string of the molecule is COc1ccc(C2CCCCCN2C(=O)CSCc2ccc(OC)c([N+](=O)[O-])c2)cc1. The fourth-order valence-corrected chi connectivity index (χ4v) is 4.74. The molecule has 0 radical (unpaired) electrons. The minimum atomic E-state index is -0.450. The zero-order valence-corrected chi connectivity index (χ0v) is 18.7. The number of methoxy groups -OCH3 is 2. The first-order valence-corrected chi connectivity index (χ1v) is 11.5. The number of carbonyl (C=O) groups is 1. The number of amides is 1. The Bertz CT molecular complexity index is 903. The molecule has 1 atom stereocenters. The van der Waals surface area contributed by atoms with Crippen LogP contribution in [0.25, 0.3) is 0 Å². The second-order valence-corrected chi connectivity index (χ2v) is 8.47. The third-order valence-electron chi connectivity index (χ3n) is 5.51. The van der Waals surface area contributed by atoms with Crippen molar-refractivity contribution >= 4 is 23.4 Å². The Morgan fingerprint density at radius 1 is 1.13 bits per heavy atom. The molecular formula is C23H28N2O5S. The third kappa shape index (κ3) is 5.91. The summed E-state index contributed by atoms with van der Waals surface area (Å²) >= 11 is 1.48. The molecule has 8 heteroatoms. The number of rotatable bonds is 8. The molecule has 0 aliphatic carbocycles. The van der Waals surface area contributed by atoms with Gasteiger partial charge in [0.2, 0.25) is 5.91 Å². The normalized spacial score (nSPS) is 16.5. The van der Waals surface area contributed by atoms with Gasteiger partial charge in [0.05, 0.1) is 30.9 Å². The van der Waals surface area contributed by atoms with E-state index in [2.05, 4.69) is 0 Å². The van der Waals surface area contributed by atoms with Crippen LogP contribution in [0.2, 0.25) is 0 Å². The summed E-state index contributed by atoms with van der Waals surface area (Å²) in [6.07, 6.45) is 4.18. The lowest BCUT2D eigenvalue weighted by molar-refractivity contribution is -0.385. The number of likely N-dealkylation sites (tertiary alicyclic amines) is 1. The summed E-state index contributed by atoms with van der Waals surface area (Å²) in [6.45, 7) is 0.754. The van der Waals surface area contributed by atoms with Gasteiger partial charge in [-0.3, -0.25) is 14.9 Å². The number of carbonyl (C=O) groups excluding carboxylic acids is 1. The van der Waals surface area contributed by atoms with Crippen LogP contribution in [0.1, 0.15) is 42.9 Å². The molecule has 0 N–H and O–H groups in total. The smallest absolute Gasteiger partial charge is 0.311 e. The molecule has 2 aromatic carbocycles. The summed E-state index contributed by atoms with van der Waals surface area (Å²) in [5, 5.41) is 11.2. The van der Waals surface area contributed by atoms with Gasteiger partial charge in [-0.15, -0.1) is 11.8 Å². The predicted molar refractivity (Wildman–Crippen MR) is 122 cm³/mol. The maximum absolute atomic E-state index is 13.1. The van der Waals surface area contributed by atoms with Gasteiger partial charge in [-0.25, -0.2) is 0 Å². The molecule has 1 saturated heterocycles. The molecule has 7 nitrogen and oxygen atoms in total. The minimum absolute atomic E-state index is 0.0565. The summed E-state index contributed by atoms with van der Waals surface area (Å²) in [7, 11) is 3.06. The molecule has 0 saturated carbocycles. The molecule has 31 heavy (non-hydrogen) atoms. The average molecular weight is 445 g/mol. The number of nitro groups is 1. The molecule has 0 aromatic heterocycles. The summed E-state index contributed by atoms with van der Waals surface area (Å²) < 4.78 is 10.3. The third-order valence-corrected chi connectivity index (χ3v) is 6.50. The molecule has 1 amide bonds. The van der Waals surface area contributed by atoms with E-state index in [9.17, 15) is 14.9 Å². The molecule has 0 bridgehead atoms. The fraction of sp³-hybridized carbons (Fsp3) is 0.435. The zero-order valence-electron chi connectivity index (χ0n) is 17.9. The van der Waals surface area contributed by atoms with Crippen LogP contribution >= 0.6 is 11.8 Å². The van der Waals surface area contributed by atoms with Crippen molar-refractivity contribution in [2.75, 3.05) is 26.5 Å². The number of nitrogens with zero attached hydrogens (tertiary/aromatic N) is 2. The van der Waals surface area contributed by atoms with Crippen LogP contribution in [0.5, 0.6) is 11.5 Å². The molecule has 1 heterocycles. The Morgan fingerprint density at radius 3 is 2.58 bits per heavy atom. The lowest BCUT2D eigenvalue weighted by Gasteiger charge is -2.30. The summed E-state index contributed by atoms with van der Waals surface area (Å²) in [5.74, 6) is 2.02. The molecule has 1 unspecified atom stereocenters. The van der Waals surface area contributed by atoms with Crippen LogP contribution in [0.4, 0.5) is 5.69 Å². The van der Waals surface area contributed by atoms with Gasteiger partial charge in [-0.2, -0.15) is 0 Å². The van der Waals surface area contributed by atoms with Gasteiger partial charge in [-0.05, 0) is 42.2 Å². The van der Waals surface area contributed by atoms with E-state index in [1.807, 2.05) is 29.2 Å². The Hall–Kier alpha value is -2.74. The molecular weight excluding hydrogens is 416 g/mol. The van der Waals surface area contributed by atoms with Gasteiger partial charge in [-0.1, -0.05) is 31.0 Å². The standard InChI is InChI=1S/C23H28N2O5S/c1-29-19-10-8-18(9-11-19)20-6-4-3-5-13-24(20)23(26)16-31-15-17-7-12-22(30-2)21(14-17)25(27)28/h7-12,14,20H,3-6,13,15-16H2,1-2H3. The van der Waals surface area contributed by atoms with Crippen molar-refractivity contribution in [3.63, 3.8) is 0 Å². The van der Waals surface area contributed by atoms with Crippen molar-refractivity contribution in [2.24, 2.45) is 0 Å². The molecule has 1 aliphatic rings. The highest BCUT2D eigenvalue weighted by molar-refractivity contribution is 7.99. The number of hydrogen-bond acceptors (Lipinski definition) is 6. The van der Waals surface area contributed by atoms with Crippen LogP contribution in [0, 0.1) is 10.1 Å². The lowest BCUT2D eigenvalue weighted by Crippen LogP contribution is -2.36. The topological polar surface area (TPSA) is 81.9 Å². The average Bonchev–Trinajstić information content (AvgIpc) is 3.05. The Kier molecular flexibility index (Phi) is 8.17. The van der Waals surface area contributed by atoms with Gasteiger partial charge in [0, 0.05) is 18.4 Å². The van der Waals surface area contributed by atoms with Crippen molar-refractivity contribution < 1.29 is 19.2 Å². The fourth-order valence-electron chi connectivity index (χ4n) is 3.89. The molecule has 166 valence electrons. The van der Waals surface area contributed by atoms with Crippen molar-refractivity contribution in [2.45, 2.75) is 37.5 Å². The maximum atomic E-state index is 13.1. The van der Waals surface area contributed by atoms with Crippen molar-refractivity contribution in [3.05, 3.63) is 63.7 Å². The van der Waals surface area contributed by atoms with E-state index in [1.165, 1.54) is 24.9 Å². The van der Waals surface area contributed by atoms with Gasteiger partial charge in [0.1, 0.15) is 5.75 Å². The molecule has 3 rings (SSSR count). The number of thioether (sulfide) groups is 1. The quantitative estimate of drug-likeness (QED) is 0.421. The van der Waals surface area contributed by atoms with Crippen LogP contribution < -0.4 is 9.47 Å². The predicted octanol–water partition coefficient (Wildman–Crippen LogP) is 4.99. The van der Waals surface area contributed by atoms with Crippen LogP contribution in [0.15, 0.2) is 42.5 Å². The highest BCUT2D eigenvalue weighted by Gasteiger charge is 2.26. The van der Waals surface area contributed by atoms with E-state index in [0.717, 1.165) is 49.1 Å². The second kappa shape index (κ2) is 11.0.